The number of fused-ring (bicyclic) bond motifs is 2. The van der Waals surface area contributed by atoms with Crippen molar-refractivity contribution in [3.63, 3.8) is 0 Å². The van der Waals surface area contributed by atoms with Crippen molar-refractivity contribution in [1.29, 1.82) is 0 Å². The van der Waals surface area contributed by atoms with Crippen LogP contribution < -0.4 is 10.2 Å². The van der Waals surface area contributed by atoms with Crippen molar-refractivity contribution in [2.45, 2.75) is 25.3 Å². The van der Waals surface area contributed by atoms with Gasteiger partial charge in [-0.05, 0) is 73.0 Å². The number of thioether (sulfide) groups is 1. The number of urea groups is 1. The van der Waals surface area contributed by atoms with Crippen LogP contribution in [0.15, 0.2) is 60.7 Å². The number of anilines is 2. The number of benzene rings is 3. The number of carbonyl (C=O) groups excluding carboxylic acids is 2. The van der Waals surface area contributed by atoms with Gasteiger partial charge in [-0.3, -0.25) is 9.69 Å². The first-order valence-corrected chi connectivity index (χ1v) is 11.9. The lowest BCUT2D eigenvalue weighted by molar-refractivity contribution is -0.123. The van der Waals surface area contributed by atoms with E-state index in [9.17, 15) is 18.4 Å². The Morgan fingerprint density at radius 2 is 1.82 bits per heavy atom. The van der Waals surface area contributed by atoms with E-state index in [1.54, 1.807) is 18.2 Å². The minimum Gasteiger partial charge on any atom is -0.308 e. The summed E-state index contributed by atoms with van der Waals surface area (Å²) in [7, 11) is 0. The molecule has 0 aromatic heterocycles. The lowest BCUT2D eigenvalue weighted by Crippen LogP contribution is -2.51. The number of hydrogen-bond acceptors (Lipinski definition) is 3. The summed E-state index contributed by atoms with van der Waals surface area (Å²) in [6.45, 7) is 4.39. The van der Waals surface area contributed by atoms with E-state index in [4.69, 9.17) is 0 Å². The van der Waals surface area contributed by atoms with E-state index in [0.717, 1.165) is 11.1 Å². The zero-order valence-electron chi connectivity index (χ0n) is 18.8. The molecule has 5 rings (SSSR count). The lowest BCUT2D eigenvalue weighted by atomic mass is 10.1. The van der Waals surface area contributed by atoms with E-state index in [0.29, 0.717) is 34.8 Å². The zero-order chi connectivity index (χ0) is 24.0. The predicted octanol–water partition coefficient (Wildman–Crippen LogP) is 5.56. The van der Waals surface area contributed by atoms with E-state index in [1.807, 2.05) is 32.0 Å². The highest BCUT2D eigenvalue weighted by molar-refractivity contribution is 8.01. The van der Waals surface area contributed by atoms with Crippen molar-refractivity contribution in [3.05, 3.63) is 94.6 Å². The Morgan fingerprint density at radius 3 is 2.59 bits per heavy atom. The standard InChI is InChI=1S/C26H23F2N3O2S/c1-16-6-8-21(12-17(16)2)29-25(33)31-10-11-34-26(31)22-14-20(28)7-9-23(22)30(24(26)32)15-18-4-3-5-19(27)13-18/h3-9,12-14H,10-11,15H2,1-2H3,(H,29,33). The molecule has 1 fully saturated rings. The van der Waals surface area contributed by atoms with Crippen LogP contribution in [-0.2, 0) is 16.2 Å². The van der Waals surface area contributed by atoms with Crippen molar-refractivity contribution in [1.82, 2.24) is 4.90 Å². The van der Waals surface area contributed by atoms with E-state index >= 15 is 0 Å². The Hall–Kier alpha value is -3.39. The van der Waals surface area contributed by atoms with Crippen LogP contribution in [0.2, 0.25) is 0 Å². The fourth-order valence-electron chi connectivity index (χ4n) is 4.57. The molecule has 1 unspecified atom stereocenters. The van der Waals surface area contributed by atoms with Crippen LogP contribution in [0.4, 0.5) is 25.0 Å². The summed E-state index contributed by atoms with van der Waals surface area (Å²) in [5.74, 6) is -0.700. The van der Waals surface area contributed by atoms with Gasteiger partial charge in [-0.1, -0.05) is 18.2 Å². The number of rotatable bonds is 3. The molecule has 3 aromatic carbocycles. The molecule has 0 radical (unpaired) electrons. The van der Waals surface area contributed by atoms with Crippen molar-refractivity contribution >= 4 is 35.1 Å². The van der Waals surface area contributed by atoms with Gasteiger partial charge in [0, 0.05) is 23.5 Å². The smallest absolute Gasteiger partial charge is 0.308 e. The Balaban J connectivity index is 1.52. The quantitative estimate of drug-likeness (QED) is 0.535. The second-order valence-electron chi connectivity index (χ2n) is 8.56. The summed E-state index contributed by atoms with van der Waals surface area (Å²) < 4.78 is 28.2. The molecule has 3 aromatic rings. The van der Waals surface area contributed by atoms with Gasteiger partial charge < -0.3 is 10.2 Å². The molecule has 5 nitrogen and oxygen atoms in total. The fraction of sp³-hybridized carbons (Fsp3) is 0.231. The molecule has 3 amide bonds. The van der Waals surface area contributed by atoms with Gasteiger partial charge in [-0.15, -0.1) is 11.8 Å². The molecule has 1 N–H and O–H groups in total. The van der Waals surface area contributed by atoms with E-state index in [-0.39, 0.29) is 12.5 Å². The van der Waals surface area contributed by atoms with Crippen molar-refractivity contribution in [3.8, 4) is 0 Å². The molecule has 2 aliphatic heterocycles. The number of nitrogens with one attached hydrogen (secondary N) is 1. The summed E-state index contributed by atoms with van der Waals surface area (Å²) in [4.78, 5) is 28.9. The van der Waals surface area contributed by atoms with Crippen LogP contribution in [-0.4, -0.2) is 29.1 Å². The third kappa shape index (κ3) is 3.62. The zero-order valence-corrected chi connectivity index (χ0v) is 19.6. The number of amides is 3. The molecule has 1 atom stereocenters. The van der Waals surface area contributed by atoms with Gasteiger partial charge >= 0.3 is 6.03 Å². The highest BCUT2D eigenvalue weighted by Crippen LogP contribution is 2.54. The lowest BCUT2D eigenvalue weighted by Gasteiger charge is -2.33. The van der Waals surface area contributed by atoms with Crippen LogP contribution in [0.1, 0.15) is 22.3 Å². The highest BCUT2D eigenvalue weighted by Gasteiger charge is 2.59. The maximum Gasteiger partial charge on any atom is 0.323 e. The van der Waals surface area contributed by atoms with Gasteiger partial charge in [-0.25, -0.2) is 13.6 Å². The first-order chi connectivity index (χ1) is 16.3. The third-order valence-electron chi connectivity index (χ3n) is 6.39. The first kappa shape index (κ1) is 22.4. The van der Waals surface area contributed by atoms with Crippen LogP contribution in [0.5, 0.6) is 0 Å². The summed E-state index contributed by atoms with van der Waals surface area (Å²) >= 11 is 1.32. The van der Waals surface area contributed by atoms with Crippen LogP contribution >= 0.6 is 11.8 Å². The number of aryl methyl sites for hydroxylation is 2. The molecule has 8 heteroatoms. The van der Waals surface area contributed by atoms with Gasteiger partial charge in [0.2, 0.25) is 0 Å². The van der Waals surface area contributed by atoms with Crippen LogP contribution in [0, 0.1) is 25.5 Å². The third-order valence-corrected chi connectivity index (χ3v) is 7.81. The summed E-state index contributed by atoms with van der Waals surface area (Å²) in [6, 6.07) is 15.4. The minimum atomic E-state index is -1.38. The van der Waals surface area contributed by atoms with E-state index in [1.165, 1.54) is 45.8 Å². The molecule has 0 aliphatic carbocycles. The molecule has 34 heavy (non-hydrogen) atoms. The highest BCUT2D eigenvalue weighted by atomic mass is 32.2. The van der Waals surface area contributed by atoms with E-state index < -0.39 is 22.5 Å². The molecule has 0 saturated carbocycles. The molecule has 2 heterocycles. The largest absolute Gasteiger partial charge is 0.323 e. The number of carbonyl (C=O) groups is 2. The molecule has 2 aliphatic rings. The molecule has 0 bridgehead atoms. The van der Waals surface area contributed by atoms with E-state index in [2.05, 4.69) is 5.32 Å². The summed E-state index contributed by atoms with van der Waals surface area (Å²) in [5, 5.41) is 2.90. The monoisotopic (exact) mass is 479 g/mol. The molecule has 1 saturated heterocycles. The van der Waals surface area contributed by atoms with Gasteiger partial charge in [0.1, 0.15) is 11.6 Å². The van der Waals surface area contributed by atoms with Gasteiger partial charge in [0.25, 0.3) is 5.91 Å². The van der Waals surface area contributed by atoms with Gasteiger partial charge in [0.05, 0.1) is 12.2 Å². The van der Waals surface area contributed by atoms with Crippen molar-refractivity contribution in [2.75, 3.05) is 22.5 Å². The predicted molar refractivity (Wildman–Crippen MR) is 130 cm³/mol. The molecule has 174 valence electrons. The number of nitrogens with zero attached hydrogens (tertiary/aromatic N) is 2. The normalized spacial score (nSPS) is 19.1. The average molecular weight is 480 g/mol. The fourth-order valence-corrected chi connectivity index (χ4v) is 6.02. The Bertz CT molecular complexity index is 1310. The van der Waals surface area contributed by atoms with Gasteiger partial charge in [0.15, 0.2) is 4.87 Å². The molecular weight excluding hydrogens is 456 g/mol. The van der Waals surface area contributed by atoms with Crippen molar-refractivity contribution < 1.29 is 18.4 Å². The Kier molecular flexibility index (Phi) is 5.56. The van der Waals surface area contributed by atoms with Crippen LogP contribution in [0.25, 0.3) is 0 Å². The molecule has 1 spiro atoms. The van der Waals surface area contributed by atoms with Gasteiger partial charge in [-0.2, -0.15) is 0 Å². The minimum absolute atomic E-state index is 0.115. The van der Waals surface area contributed by atoms with Crippen LogP contribution in [0.3, 0.4) is 0 Å². The Labute approximate surface area is 200 Å². The summed E-state index contributed by atoms with van der Waals surface area (Å²) in [6.07, 6.45) is 0. The average Bonchev–Trinajstić information content (AvgIpc) is 3.34. The first-order valence-electron chi connectivity index (χ1n) is 11.0. The second-order valence-corrected chi connectivity index (χ2v) is 9.84. The topological polar surface area (TPSA) is 52.7 Å². The molecular formula is C26H23F2N3O2S. The Morgan fingerprint density at radius 1 is 1.03 bits per heavy atom. The van der Waals surface area contributed by atoms with Crippen molar-refractivity contribution in [2.24, 2.45) is 0 Å². The second kappa shape index (κ2) is 8.43. The number of hydrogen-bond donors (Lipinski definition) is 1. The maximum atomic E-state index is 14.4. The maximum absolute atomic E-state index is 14.4. The SMILES string of the molecule is Cc1ccc(NC(=O)N2CCSC23C(=O)N(Cc2cccc(F)c2)c2ccc(F)cc23)cc1C. The number of halogens is 2. The summed E-state index contributed by atoms with van der Waals surface area (Å²) in [5.41, 5.74) is 4.33.